The van der Waals surface area contributed by atoms with Crippen molar-refractivity contribution in [3.05, 3.63) is 18.2 Å². The standard InChI is InChI=1S/C20H29N3O3.HI/c1-4-21-19(23-17-14-8-11-26-18(14)20(17,2)3)22-13-6-7-15-16(12-13)25-10-5-9-24-15;/h6-7,12,14,17-18H,4-5,8-11H2,1-3H3,(H2,21,22,23);1H. The molecule has 3 aliphatic rings. The summed E-state index contributed by atoms with van der Waals surface area (Å²) < 4.78 is 17.4. The van der Waals surface area contributed by atoms with Crippen LogP contribution in [0.2, 0.25) is 0 Å². The van der Waals surface area contributed by atoms with Crippen molar-refractivity contribution in [3.63, 3.8) is 0 Å². The van der Waals surface area contributed by atoms with Crippen molar-refractivity contribution in [2.75, 3.05) is 31.7 Å². The fourth-order valence-corrected chi connectivity index (χ4v) is 4.42. The third-order valence-corrected chi connectivity index (χ3v) is 5.72. The normalized spacial score (nSPS) is 28.3. The van der Waals surface area contributed by atoms with Gasteiger partial charge in [-0.15, -0.1) is 24.0 Å². The number of rotatable bonds is 3. The molecule has 2 fully saturated rings. The lowest BCUT2D eigenvalue weighted by atomic mass is 9.57. The molecule has 1 saturated carbocycles. The highest BCUT2D eigenvalue weighted by atomic mass is 127. The van der Waals surface area contributed by atoms with E-state index in [0.29, 0.717) is 31.3 Å². The minimum atomic E-state index is 0. The van der Waals surface area contributed by atoms with Gasteiger partial charge in [-0.25, -0.2) is 0 Å². The molecule has 3 atom stereocenters. The van der Waals surface area contributed by atoms with Crippen LogP contribution in [0, 0.1) is 11.3 Å². The highest BCUT2D eigenvalue weighted by molar-refractivity contribution is 14.0. The van der Waals surface area contributed by atoms with Gasteiger partial charge < -0.3 is 24.8 Å². The molecule has 2 heterocycles. The zero-order valence-electron chi connectivity index (χ0n) is 16.3. The van der Waals surface area contributed by atoms with E-state index in [-0.39, 0.29) is 29.4 Å². The first kappa shape index (κ1) is 20.5. The summed E-state index contributed by atoms with van der Waals surface area (Å²) in [5.74, 6) is 2.97. The number of ether oxygens (including phenoxy) is 3. The van der Waals surface area contributed by atoms with Crippen LogP contribution in [0.15, 0.2) is 23.2 Å². The number of benzene rings is 1. The molecule has 27 heavy (non-hydrogen) atoms. The quantitative estimate of drug-likeness (QED) is 0.387. The van der Waals surface area contributed by atoms with Crippen LogP contribution >= 0.6 is 24.0 Å². The third kappa shape index (κ3) is 3.99. The topological polar surface area (TPSA) is 64.1 Å². The maximum absolute atomic E-state index is 5.90. The molecule has 0 aromatic heterocycles. The molecule has 2 aliphatic heterocycles. The largest absolute Gasteiger partial charge is 0.490 e. The zero-order valence-corrected chi connectivity index (χ0v) is 18.6. The predicted octanol–water partition coefficient (Wildman–Crippen LogP) is 3.66. The summed E-state index contributed by atoms with van der Waals surface area (Å²) >= 11 is 0. The van der Waals surface area contributed by atoms with Gasteiger partial charge >= 0.3 is 0 Å². The Morgan fingerprint density at radius 3 is 2.74 bits per heavy atom. The van der Waals surface area contributed by atoms with Gasteiger partial charge in [0.2, 0.25) is 0 Å². The van der Waals surface area contributed by atoms with E-state index in [1.165, 1.54) is 0 Å². The van der Waals surface area contributed by atoms with Crippen molar-refractivity contribution in [1.29, 1.82) is 0 Å². The minimum Gasteiger partial charge on any atom is -0.490 e. The highest BCUT2D eigenvalue weighted by Gasteiger charge is 2.59. The second-order valence-electron chi connectivity index (χ2n) is 7.85. The lowest BCUT2D eigenvalue weighted by molar-refractivity contribution is -0.106. The van der Waals surface area contributed by atoms with Gasteiger partial charge in [0.05, 0.1) is 19.3 Å². The van der Waals surface area contributed by atoms with E-state index in [1.54, 1.807) is 0 Å². The average Bonchev–Trinajstić information content (AvgIpc) is 2.95. The fourth-order valence-electron chi connectivity index (χ4n) is 4.42. The number of nitrogens with one attached hydrogen (secondary N) is 2. The van der Waals surface area contributed by atoms with Gasteiger partial charge in [-0.2, -0.15) is 0 Å². The van der Waals surface area contributed by atoms with Crippen LogP contribution in [0.4, 0.5) is 5.69 Å². The molecule has 150 valence electrons. The van der Waals surface area contributed by atoms with Crippen molar-refractivity contribution >= 4 is 35.6 Å². The van der Waals surface area contributed by atoms with Crippen LogP contribution in [0.25, 0.3) is 0 Å². The van der Waals surface area contributed by atoms with E-state index in [0.717, 1.165) is 49.1 Å². The third-order valence-electron chi connectivity index (χ3n) is 5.72. The van der Waals surface area contributed by atoms with E-state index in [2.05, 4.69) is 29.5 Å². The Morgan fingerprint density at radius 2 is 1.96 bits per heavy atom. The van der Waals surface area contributed by atoms with Crippen LogP contribution in [0.1, 0.15) is 33.6 Å². The van der Waals surface area contributed by atoms with Crippen LogP contribution < -0.4 is 20.1 Å². The molecular weight excluding hydrogens is 457 g/mol. The first-order chi connectivity index (χ1) is 12.6. The first-order valence-electron chi connectivity index (χ1n) is 9.69. The lowest BCUT2D eigenvalue weighted by Gasteiger charge is -2.54. The van der Waals surface area contributed by atoms with E-state index in [9.17, 15) is 0 Å². The van der Waals surface area contributed by atoms with Gasteiger partial charge in [0.1, 0.15) is 0 Å². The Labute approximate surface area is 178 Å². The molecule has 7 heteroatoms. The number of guanidine groups is 1. The number of fused-ring (bicyclic) bond motifs is 2. The summed E-state index contributed by atoms with van der Waals surface area (Å²) in [6, 6.07) is 6.32. The molecule has 0 spiro atoms. The SMILES string of the molecule is CCN=C(Nc1ccc2c(c1)OCCCO2)NC1C2CCOC2C1(C)C.I. The summed E-state index contributed by atoms with van der Waals surface area (Å²) in [6.07, 6.45) is 2.39. The molecule has 3 unspecified atom stereocenters. The number of aliphatic imine (C=N–C) groups is 1. The first-order valence-corrected chi connectivity index (χ1v) is 9.69. The summed E-state index contributed by atoms with van der Waals surface area (Å²) in [7, 11) is 0. The Balaban J connectivity index is 0.00000210. The Bertz CT molecular complexity index is 695. The Kier molecular flexibility index (Phi) is 6.40. The van der Waals surface area contributed by atoms with Gasteiger partial charge in [0, 0.05) is 48.7 Å². The van der Waals surface area contributed by atoms with Gasteiger partial charge in [0.25, 0.3) is 0 Å². The number of hydrogen-bond acceptors (Lipinski definition) is 4. The number of nitrogens with zero attached hydrogens (tertiary/aromatic N) is 1. The van der Waals surface area contributed by atoms with E-state index >= 15 is 0 Å². The predicted molar refractivity (Wildman–Crippen MR) is 118 cm³/mol. The molecule has 1 aromatic rings. The molecule has 2 N–H and O–H groups in total. The molecule has 1 saturated heterocycles. The van der Waals surface area contributed by atoms with Crippen molar-refractivity contribution < 1.29 is 14.2 Å². The smallest absolute Gasteiger partial charge is 0.196 e. The van der Waals surface area contributed by atoms with E-state index < -0.39 is 0 Å². The van der Waals surface area contributed by atoms with Gasteiger partial charge in [-0.1, -0.05) is 13.8 Å². The Morgan fingerprint density at radius 1 is 1.19 bits per heavy atom. The van der Waals surface area contributed by atoms with Gasteiger partial charge in [-0.3, -0.25) is 4.99 Å². The van der Waals surface area contributed by atoms with Crippen LogP contribution in [-0.2, 0) is 4.74 Å². The fraction of sp³-hybridized carbons (Fsp3) is 0.650. The summed E-state index contributed by atoms with van der Waals surface area (Å²) in [6.45, 7) is 9.56. The maximum atomic E-state index is 5.90. The van der Waals surface area contributed by atoms with E-state index in [1.807, 2.05) is 25.1 Å². The van der Waals surface area contributed by atoms with Crippen molar-refractivity contribution in [2.24, 2.45) is 16.3 Å². The van der Waals surface area contributed by atoms with Crippen LogP contribution in [0.3, 0.4) is 0 Å². The van der Waals surface area contributed by atoms with Crippen molar-refractivity contribution in [2.45, 2.75) is 45.8 Å². The monoisotopic (exact) mass is 487 g/mol. The number of anilines is 1. The maximum Gasteiger partial charge on any atom is 0.196 e. The summed E-state index contributed by atoms with van der Waals surface area (Å²) in [5, 5.41) is 7.07. The average molecular weight is 487 g/mol. The molecule has 0 radical (unpaired) electrons. The lowest BCUT2D eigenvalue weighted by Crippen LogP contribution is -2.67. The van der Waals surface area contributed by atoms with Gasteiger partial charge in [-0.05, 0) is 25.5 Å². The van der Waals surface area contributed by atoms with E-state index in [4.69, 9.17) is 14.2 Å². The molecular formula is C20H30IN3O3. The molecule has 6 nitrogen and oxygen atoms in total. The van der Waals surface area contributed by atoms with Crippen molar-refractivity contribution in [1.82, 2.24) is 5.32 Å². The van der Waals surface area contributed by atoms with Crippen LogP contribution in [-0.4, -0.2) is 44.5 Å². The summed E-state index contributed by atoms with van der Waals surface area (Å²) in [5.41, 5.74) is 1.06. The van der Waals surface area contributed by atoms with Crippen molar-refractivity contribution in [3.8, 4) is 11.5 Å². The molecule has 1 aliphatic carbocycles. The molecule has 4 rings (SSSR count). The molecule has 1 aromatic carbocycles. The highest BCUT2D eigenvalue weighted by Crippen LogP contribution is 2.52. The number of halogens is 1. The number of hydrogen-bond donors (Lipinski definition) is 2. The van der Waals surface area contributed by atoms with Crippen LogP contribution in [0.5, 0.6) is 11.5 Å². The zero-order chi connectivity index (χ0) is 18.1. The second-order valence-corrected chi connectivity index (χ2v) is 7.85. The summed E-state index contributed by atoms with van der Waals surface area (Å²) in [4.78, 5) is 4.63. The molecule has 0 bridgehead atoms. The second kappa shape index (κ2) is 8.43. The molecule has 0 amide bonds. The van der Waals surface area contributed by atoms with Gasteiger partial charge in [0.15, 0.2) is 17.5 Å². The Hall–Kier alpha value is -1.22. The minimum absolute atomic E-state index is 0.